The lowest BCUT2D eigenvalue weighted by Gasteiger charge is -2.23. The number of aryl methyl sites for hydroxylation is 2. The van der Waals surface area contributed by atoms with Crippen LogP contribution in [-0.2, 0) is 6.54 Å². The Balaban J connectivity index is 2.02. The number of H-pyrrole nitrogens is 1. The molecule has 0 unspecified atom stereocenters. The van der Waals surface area contributed by atoms with E-state index >= 15 is 0 Å². The minimum Gasteiger partial charge on any atom is -0.493 e. The predicted octanol–water partition coefficient (Wildman–Crippen LogP) is 3.20. The first-order valence-electron chi connectivity index (χ1n) is 10.7. The maximum Gasteiger partial charge on any atom is 0.254 e. The smallest absolute Gasteiger partial charge is 0.254 e. The number of aromatic amines is 1. The summed E-state index contributed by atoms with van der Waals surface area (Å²) < 4.78 is 16.1. The van der Waals surface area contributed by atoms with E-state index in [4.69, 9.17) is 14.2 Å². The summed E-state index contributed by atoms with van der Waals surface area (Å²) in [5, 5.41) is 10.3. The maximum atomic E-state index is 13.5. The van der Waals surface area contributed by atoms with Crippen molar-refractivity contribution in [3.63, 3.8) is 0 Å². The first-order chi connectivity index (χ1) is 15.8. The van der Waals surface area contributed by atoms with Crippen molar-refractivity contribution in [2.24, 2.45) is 0 Å². The van der Waals surface area contributed by atoms with E-state index in [2.05, 4.69) is 11.1 Å². The van der Waals surface area contributed by atoms with E-state index < -0.39 is 0 Å². The number of carbonyl (C=O) groups excluding carboxylic acids is 1. The highest BCUT2D eigenvalue weighted by Gasteiger charge is 2.22. The fraction of sp³-hybridized carbons (Fsp3) is 0.360. The number of nitrogens with zero attached hydrogens (tertiary/aromatic N) is 1. The lowest BCUT2D eigenvalue weighted by atomic mass is 10.0. The second-order valence-corrected chi connectivity index (χ2v) is 7.88. The van der Waals surface area contributed by atoms with E-state index in [-0.39, 0.29) is 31.2 Å². The molecule has 2 N–H and O–H groups in total. The number of aliphatic hydroxyl groups is 1. The average Bonchev–Trinajstić information content (AvgIpc) is 2.80. The zero-order chi connectivity index (χ0) is 24.1. The number of amides is 1. The molecule has 8 nitrogen and oxygen atoms in total. The fourth-order valence-electron chi connectivity index (χ4n) is 3.94. The van der Waals surface area contributed by atoms with Crippen molar-refractivity contribution in [2.45, 2.75) is 26.8 Å². The number of methoxy groups -OCH3 is 3. The Hall–Kier alpha value is -3.52. The molecule has 0 aliphatic carbocycles. The van der Waals surface area contributed by atoms with Gasteiger partial charge in [0.1, 0.15) is 0 Å². The number of rotatable bonds is 9. The standard InChI is InChI=1S/C25H30N2O6/c1-15-9-16(2)19-11-18(24(29)26-20(19)10-15)14-27(7-6-8-28)25(30)17-12-21(31-3)23(33-5)22(13-17)32-4/h9-13,28H,6-8,14H2,1-5H3,(H,26,29). The summed E-state index contributed by atoms with van der Waals surface area (Å²) in [4.78, 5) is 30.7. The van der Waals surface area contributed by atoms with Crippen LogP contribution in [0, 0.1) is 13.8 Å². The monoisotopic (exact) mass is 454 g/mol. The molecule has 1 aromatic heterocycles. The number of aromatic nitrogens is 1. The van der Waals surface area contributed by atoms with Gasteiger partial charge in [0.2, 0.25) is 5.75 Å². The molecular formula is C25H30N2O6. The van der Waals surface area contributed by atoms with Crippen LogP contribution in [0.15, 0.2) is 35.1 Å². The van der Waals surface area contributed by atoms with Gasteiger partial charge in [0.05, 0.1) is 27.9 Å². The molecule has 0 atom stereocenters. The molecule has 0 aliphatic heterocycles. The molecule has 0 saturated heterocycles. The number of pyridine rings is 1. The number of benzene rings is 2. The highest BCUT2D eigenvalue weighted by molar-refractivity contribution is 5.95. The molecule has 0 aliphatic rings. The fourth-order valence-corrected chi connectivity index (χ4v) is 3.94. The Kier molecular flexibility index (Phi) is 7.60. The molecule has 0 radical (unpaired) electrons. The van der Waals surface area contributed by atoms with Crippen molar-refractivity contribution >= 4 is 16.8 Å². The van der Waals surface area contributed by atoms with Gasteiger partial charge in [0.25, 0.3) is 11.5 Å². The SMILES string of the molecule is COc1cc(C(=O)N(CCCO)Cc2cc3c(C)cc(C)cc3[nH]c2=O)cc(OC)c1OC. The first-order valence-corrected chi connectivity index (χ1v) is 10.7. The van der Waals surface area contributed by atoms with Crippen LogP contribution in [0.5, 0.6) is 17.2 Å². The van der Waals surface area contributed by atoms with Gasteiger partial charge in [-0.15, -0.1) is 0 Å². The molecule has 8 heteroatoms. The van der Waals surface area contributed by atoms with Gasteiger partial charge >= 0.3 is 0 Å². The molecule has 33 heavy (non-hydrogen) atoms. The third kappa shape index (κ3) is 5.12. The van der Waals surface area contributed by atoms with E-state index in [1.54, 1.807) is 12.1 Å². The van der Waals surface area contributed by atoms with E-state index in [9.17, 15) is 14.7 Å². The van der Waals surface area contributed by atoms with Crippen LogP contribution in [0.3, 0.4) is 0 Å². The summed E-state index contributed by atoms with van der Waals surface area (Å²) in [6, 6.07) is 8.96. The summed E-state index contributed by atoms with van der Waals surface area (Å²) in [7, 11) is 4.45. The van der Waals surface area contributed by atoms with E-state index in [1.165, 1.54) is 26.2 Å². The second-order valence-electron chi connectivity index (χ2n) is 7.88. The van der Waals surface area contributed by atoms with Crippen LogP contribution in [0.2, 0.25) is 0 Å². The number of aliphatic hydroxyl groups excluding tert-OH is 1. The van der Waals surface area contributed by atoms with Crippen molar-refractivity contribution in [3.05, 3.63) is 62.9 Å². The van der Waals surface area contributed by atoms with Crippen molar-refractivity contribution in [2.75, 3.05) is 34.5 Å². The van der Waals surface area contributed by atoms with Crippen molar-refractivity contribution in [3.8, 4) is 17.2 Å². The van der Waals surface area contributed by atoms with Crippen LogP contribution in [0.25, 0.3) is 10.9 Å². The van der Waals surface area contributed by atoms with Crippen LogP contribution in [0.1, 0.15) is 33.5 Å². The van der Waals surface area contributed by atoms with Gasteiger partial charge in [-0.1, -0.05) is 6.07 Å². The summed E-state index contributed by atoms with van der Waals surface area (Å²) in [6.45, 7) is 4.25. The number of nitrogens with one attached hydrogen (secondary N) is 1. The third-order valence-electron chi connectivity index (χ3n) is 5.54. The summed E-state index contributed by atoms with van der Waals surface area (Å²) in [5.41, 5.74) is 3.41. The van der Waals surface area contributed by atoms with E-state index in [1.807, 2.05) is 26.0 Å². The average molecular weight is 455 g/mol. The third-order valence-corrected chi connectivity index (χ3v) is 5.54. The summed E-state index contributed by atoms with van der Waals surface area (Å²) in [5.74, 6) is 0.784. The molecule has 176 valence electrons. The van der Waals surface area contributed by atoms with Gasteiger partial charge in [-0.05, 0) is 55.7 Å². The maximum absolute atomic E-state index is 13.5. The highest BCUT2D eigenvalue weighted by Crippen LogP contribution is 2.38. The lowest BCUT2D eigenvalue weighted by molar-refractivity contribution is 0.0730. The van der Waals surface area contributed by atoms with E-state index in [0.29, 0.717) is 34.8 Å². The Morgan fingerprint density at radius 2 is 1.67 bits per heavy atom. The zero-order valence-corrected chi connectivity index (χ0v) is 19.7. The topological polar surface area (TPSA) is 101 Å². The van der Waals surface area contributed by atoms with Crippen molar-refractivity contribution < 1.29 is 24.1 Å². The zero-order valence-electron chi connectivity index (χ0n) is 19.7. The van der Waals surface area contributed by atoms with Crippen LogP contribution in [0.4, 0.5) is 0 Å². The highest BCUT2D eigenvalue weighted by atomic mass is 16.5. The van der Waals surface area contributed by atoms with Crippen LogP contribution in [-0.4, -0.2) is 55.4 Å². The van der Waals surface area contributed by atoms with Crippen molar-refractivity contribution in [1.29, 1.82) is 0 Å². The minimum absolute atomic E-state index is 0.0779. The molecule has 0 fully saturated rings. The van der Waals surface area contributed by atoms with Gasteiger partial charge in [0, 0.05) is 35.2 Å². The molecule has 0 bridgehead atoms. The number of ether oxygens (including phenoxy) is 3. The predicted molar refractivity (Wildman–Crippen MR) is 127 cm³/mol. The van der Waals surface area contributed by atoms with Gasteiger partial charge < -0.3 is 29.2 Å². The molecule has 0 spiro atoms. The Labute approximate surface area is 192 Å². The second kappa shape index (κ2) is 10.4. The number of fused-ring (bicyclic) bond motifs is 1. The molecule has 1 heterocycles. The molecular weight excluding hydrogens is 424 g/mol. The quantitative estimate of drug-likeness (QED) is 0.515. The molecule has 0 saturated carbocycles. The van der Waals surface area contributed by atoms with Gasteiger partial charge in [-0.25, -0.2) is 0 Å². The Morgan fingerprint density at radius 1 is 1.00 bits per heavy atom. The summed E-state index contributed by atoms with van der Waals surface area (Å²) >= 11 is 0. The van der Waals surface area contributed by atoms with Crippen molar-refractivity contribution in [1.82, 2.24) is 9.88 Å². The normalized spacial score (nSPS) is 10.8. The molecule has 3 rings (SSSR count). The largest absolute Gasteiger partial charge is 0.493 e. The van der Waals surface area contributed by atoms with Gasteiger partial charge in [-0.2, -0.15) is 0 Å². The van der Waals surface area contributed by atoms with Gasteiger partial charge in [-0.3, -0.25) is 9.59 Å². The van der Waals surface area contributed by atoms with E-state index in [0.717, 1.165) is 22.0 Å². The van der Waals surface area contributed by atoms with Gasteiger partial charge in [0.15, 0.2) is 11.5 Å². The lowest BCUT2D eigenvalue weighted by Crippen LogP contribution is -2.34. The van der Waals surface area contributed by atoms with Crippen LogP contribution >= 0.6 is 0 Å². The summed E-state index contributed by atoms with van der Waals surface area (Å²) in [6.07, 6.45) is 0.375. The Morgan fingerprint density at radius 3 is 2.24 bits per heavy atom. The number of hydrogen-bond acceptors (Lipinski definition) is 6. The molecule has 2 aromatic carbocycles. The molecule has 1 amide bonds. The number of hydrogen-bond donors (Lipinski definition) is 2. The number of carbonyl (C=O) groups is 1. The molecule has 3 aromatic rings. The Bertz CT molecular complexity index is 1190. The minimum atomic E-state index is -0.317. The first kappa shape index (κ1) is 24.1. The van der Waals surface area contributed by atoms with Crippen LogP contribution < -0.4 is 19.8 Å².